The molecule has 3 heteroatoms. The molecular weight excluding hydrogens is 238 g/mol. The van der Waals surface area contributed by atoms with Crippen molar-refractivity contribution in [2.24, 2.45) is 11.8 Å². The highest BCUT2D eigenvalue weighted by Crippen LogP contribution is 2.25. The van der Waals surface area contributed by atoms with Gasteiger partial charge in [0.15, 0.2) is 6.54 Å². The summed E-state index contributed by atoms with van der Waals surface area (Å²) < 4.78 is 0.595. The number of rotatable bonds is 11. The predicted octanol–water partition coefficient (Wildman–Crippen LogP) is 3.78. The first-order valence-corrected chi connectivity index (χ1v) is 7.88. The predicted molar refractivity (Wildman–Crippen MR) is 81.2 cm³/mol. The maximum atomic E-state index is 10.9. The van der Waals surface area contributed by atoms with Gasteiger partial charge in [-0.25, -0.2) is 4.79 Å². The first-order chi connectivity index (χ1) is 8.84. The molecule has 0 bridgehead atoms. The Balaban J connectivity index is 4.35. The Morgan fingerprint density at radius 1 is 1.11 bits per heavy atom. The first-order valence-electron chi connectivity index (χ1n) is 7.88. The quantitative estimate of drug-likeness (QED) is 0.581. The maximum absolute atomic E-state index is 10.9. The van der Waals surface area contributed by atoms with Crippen molar-refractivity contribution in [2.75, 3.05) is 27.2 Å². The number of carbonyl (C=O) groups is 1. The lowest BCUT2D eigenvalue weighted by Gasteiger charge is -2.33. The lowest BCUT2D eigenvalue weighted by atomic mass is 9.87. The van der Waals surface area contributed by atoms with Crippen molar-refractivity contribution in [1.29, 1.82) is 0 Å². The van der Waals surface area contributed by atoms with Gasteiger partial charge in [0.2, 0.25) is 0 Å². The summed E-state index contributed by atoms with van der Waals surface area (Å²) in [5, 5.41) is 8.96. The minimum absolute atomic E-state index is 0.224. The maximum Gasteiger partial charge on any atom is 0.359 e. The number of unbranched alkanes of at least 4 members (excludes halogenated alkanes) is 1. The smallest absolute Gasteiger partial charge is 0.359 e. The van der Waals surface area contributed by atoms with Crippen molar-refractivity contribution in [2.45, 2.75) is 59.3 Å². The van der Waals surface area contributed by atoms with Gasteiger partial charge in [-0.3, -0.25) is 0 Å². The average molecular weight is 272 g/mol. The Bertz CT molecular complexity index is 251. The van der Waals surface area contributed by atoms with Gasteiger partial charge in [-0.15, -0.1) is 0 Å². The Morgan fingerprint density at radius 2 is 1.68 bits per heavy atom. The van der Waals surface area contributed by atoms with E-state index in [0.717, 1.165) is 18.9 Å². The van der Waals surface area contributed by atoms with Crippen LogP contribution >= 0.6 is 0 Å². The van der Waals surface area contributed by atoms with Crippen LogP contribution in [0.5, 0.6) is 0 Å². The number of carboxylic acid groups (broad SMARTS) is 1. The lowest BCUT2D eigenvalue weighted by Crippen LogP contribution is -2.47. The molecule has 0 amide bonds. The number of quaternary nitrogens is 1. The summed E-state index contributed by atoms with van der Waals surface area (Å²) in [5.41, 5.74) is 0. The molecule has 0 aromatic carbocycles. The van der Waals surface area contributed by atoms with E-state index in [1.807, 2.05) is 14.1 Å². The van der Waals surface area contributed by atoms with E-state index < -0.39 is 5.97 Å². The van der Waals surface area contributed by atoms with Crippen LogP contribution in [0.4, 0.5) is 0 Å². The molecule has 0 aliphatic carbocycles. The van der Waals surface area contributed by atoms with Crippen molar-refractivity contribution < 1.29 is 14.4 Å². The van der Waals surface area contributed by atoms with Crippen molar-refractivity contribution >= 4 is 5.97 Å². The van der Waals surface area contributed by atoms with E-state index in [1.165, 1.54) is 32.1 Å². The van der Waals surface area contributed by atoms with Crippen LogP contribution in [-0.2, 0) is 4.79 Å². The zero-order chi connectivity index (χ0) is 14.9. The van der Waals surface area contributed by atoms with Crippen LogP contribution in [0.15, 0.2) is 0 Å². The van der Waals surface area contributed by atoms with E-state index >= 15 is 0 Å². The van der Waals surface area contributed by atoms with Crippen molar-refractivity contribution in [1.82, 2.24) is 0 Å². The second kappa shape index (κ2) is 9.35. The number of aliphatic carboxylic acids is 1. The van der Waals surface area contributed by atoms with Gasteiger partial charge in [-0.2, -0.15) is 0 Å². The molecule has 0 heterocycles. The highest BCUT2D eigenvalue weighted by molar-refractivity contribution is 5.67. The molecule has 0 saturated heterocycles. The topological polar surface area (TPSA) is 37.3 Å². The minimum atomic E-state index is -0.696. The highest BCUT2D eigenvalue weighted by Gasteiger charge is 2.25. The Kier molecular flexibility index (Phi) is 9.07. The zero-order valence-corrected chi connectivity index (χ0v) is 13.6. The number of hydrogen-bond donors (Lipinski definition) is 1. The molecule has 0 aliphatic heterocycles. The molecule has 0 saturated carbocycles. The van der Waals surface area contributed by atoms with Crippen LogP contribution in [0.25, 0.3) is 0 Å². The molecule has 19 heavy (non-hydrogen) atoms. The van der Waals surface area contributed by atoms with Crippen LogP contribution in [0.3, 0.4) is 0 Å². The van der Waals surface area contributed by atoms with Crippen LogP contribution < -0.4 is 0 Å². The molecule has 2 unspecified atom stereocenters. The molecule has 114 valence electrons. The molecule has 0 aromatic heterocycles. The largest absolute Gasteiger partial charge is 0.477 e. The first kappa shape index (κ1) is 18.4. The van der Waals surface area contributed by atoms with Crippen molar-refractivity contribution in [3.63, 3.8) is 0 Å². The summed E-state index contributed by atoms with van der Waals surface area (Å²) in [6, 6.07) is 0. The van der Waals surface area contributed by atoms with Gasteiger partial charge in [-0.05, 0) is 18.8 Å². The fraction of sp³-hybridized carbons (Fsp3) is 0.938. The Labute approximate surface area is 119 Å². The summed E-state index contributed by atoms with van der Waals surface area (Å²) in [4.78, 5) is 10.9. The second-order valence-electron chi connectivity index (χ2n) is 6.60. The van der Waals surface area contributed by atoms with Crippen molar-refractivity contribution in [3.05, 3.63) is 0 Å². The molecule has 0 aliphatic rings. The normalized spacial score (nSPS) is 15.2. The van der Waals surface area contributed by atoms with Gasteiger partial charge in [0.25, 0.3) is 0 Å². The SMILES string of the molecule is CCCCC(CC)CC(CC)C[N+](C)(C)CC(=O)O. The third-order valence-electron chi connectivity index (χ3n) is 4.10. The molecule has 0 fully saturated rings. The fourth-order valence-electron chi connectivity index (χ4n) is 2.95. The van der Waals surface area contributed by atoms with Gasteiger partial charge in [0, 0.05) is 5.92 Å². The summed E-state index contributed by atoms with van der Waals surface area (Å²) in [6.07, 6.45) is 7.59. The Morgan fingerprint density at radius 3 is 2.11 bits per heavy atom. The summed E-state index contributed by atoms with van der Waals surface area (Å²) in [6.45, 7) is 7.97. The molecule has 1 N–H and O–H groups in total. The molecular formula is C16H34NO2+. The molecule has 2 atom stereocenters. The van der Waals surface area contributed by atoms with Gasteiger partial charge in [0.05, 0.1) is 20.6 Å². The standard InChI is InChI=1S/C16H33NO2/c1-6-9-10-14(7-2)11-15(8-3)12-17(4,5)13-16(18)19/h14-15H,6-13H2,1-5H3/p+1. The average Bonchev–Trinajstić information content (AvgIpc) is 2.31. The van der Waals surface area contributed by atoms with E-state index in [4.69, 9.17) is 5.11 Å². The molecule has 0 aromatic rings. The van der Waals surface area contributed by atoms with E-state index in [9.17, 15) is 4.79 Å². The lowest BCUT2D eigenvalue weighted by molar-refractivity contribution is -0.886. The summed E-state index contributed by atoms with van der Waals surface area (Å²) in [7, 11) is 4.06. The number of hydrogen-bond acceptors (Lipinski definition) is 1. The van der Waals surface area contributed by atoms with E-state index in [2.05, 4.69) is 20.8 Å². The Hall–Kier alpha value is -0.570. The highest BCUT2D eigenvalue weighted by atomic mass is 16.4. The van der Waals surface area contributed by atoms with Gasteiger partial charge < -0.3 is 9.59 Å². The fourth-order valence-corrected chi connectivity index (χ4v) is 2.95. The minimum Gasteiger partial charge on any atom is -0.477 e. The van der Waals surface area contributed by atoms with Crippen LogP contribution in [-0.4, -0.2) is 42.7 Å². The number of carboxylic acids is 1. The van der Waals surface area contributed by atoms with E-state index in [0.29, 0.717) is 10.4 Å². The van der Waals surface area contributed by atoms with Crippen LogP contribution in [0.2, 0.25) is 0 Å². The second-order valence-corrected chi connectivity index (χ2v) is 6.60. The van der Waals surface area contributed by atoms with Crippen molar-refractivity contribution in [3.8, 4) is 0 Å². The van der Waals surface area contributed by atoms with Crippen LogP contribution in [0.1, 0.15) is 59.3 Å². The zero-order valence-electron chi connectivity index (χ0n) is 13.6. The molecule has 0 spiro atoms. The monoisotopic (exact) mass is 272 g/mol. The number of likely N-dealkylation sites (N-methyl/N-ethyl adjacent to an activating group) is 1. The third-order valence-corrected chi connectivity index (χ3v) is 4.10. The van der Waals surface area contributed by atoms with E-state index in [-0.39, 0.29) is 6.54 Å². The molecule has 0 radical (unpaired) electrons. The van der Waals surface area contributed by atoms with E-state index in [1.54, 1.807) is 0 Å². The molecule has 0 rings (SSSR count). The molecule has 3 nitrogen and oxygen atoms in total. The van der Waals surface area contributed by atoms with Crippen LogP contribution in [0, 0.1) is 11.8 Å². The van der Waals surface area contributed by atoms with Gasteiger partial charge in [-0.1, -0.05) is 46.5 Å². The van der Waals surface area contributed by atoms with Gasteiger partial charge in [0.1, 0.15) is 0 Å². The van der Waals surface area contributed by atoms with Gasteiger partial charge >= 0.3 is 5.97 Å². The number of nitrogens with zero attached hydrogens (tertiary/aromatic N) is 1. The summed E-state index contributed by atoms with van der Waals surface area (Å²) >= 11 is 0. The summed E-state index contributed by atoms with van der Waals surface area (Å²) in [5.74, 6) is 0.767. The third kappa shape index (κ3) is 9.04.